The maximum Gasteiger partial charge on any atom is 0.319 e. The number of rotatable bonds is 6. The normalized spacial score (nSPS) is 14.9. The molecular weight excluding hydrogens is 312 g/mol. The molecule has 3 rings (SSSR count). The Morgan fingerprint density at radius 2 is 1.60 bits per heavy atom. The molecule has 1 saturated carbocycles. The number of benzene rings is 2. The van der Waals surface area contributed by atoms with Gasteiger partial charge in [0.1, 0.15) is 5.75 Å². The molecule has 1 aliphatic carbocycles. The van der Waals surface area contributed by atoms with Crippen molar-refractivity contribution in [3.05, 3.63) is 59.7 Å². The number of hydrogen-bond donors (Lipinski definition) is 2. The van der Waals surface area contributed by atoms with Gasteiger partial charge in [-0.2, -0.15) is 0 Å². The van der Waals surface area contributed by atoms with Crippen molar-refractivity contribution in [2.24, 2.45) is 5.92 Å². The maximum absolute atomic E-state index is 12.4. The minimum absolute atomic E-state index is 0.0424. The van der Waals surface area contributed by atoms with Gasteiger partial charge in [-0.3, -0.25) is 0 Å². The predicted molar refractivity (Wildman–Crippen MR) is 101 cm³/mol. The van der Waals surface area contributed by atoms with Crippen molar-refractivity contribution in [2.75, 3.05) is 12.4 Å². The van der Waals surface area contributed by atoms with Gasteiger partial charge in [0.15, 0.2) is 0 Å². The molecule has 25 heavy (non-hydrogen) atoms. The summed E-state index contributed by atoms with van der Waals surface area (Å²) in [6.45, 7) is 4.31. The lowest BCUT2D eigenvalue weighted by atomic mass is 10.0. The molecule has 0 aliphatic heterocycles. The molecule has 1 atom stereocenters. The molecule has 2 aromatic rings. The molecule has 1 aliphatic rings. The molecule has 4 nitrogen and oxygen atoms in total. The van der Waals surface area contributed by atoms with E-state index in [4.69, 9.17) is 4.74 Å². The zero-order chi connectivity index (χ0) is 17.8. The van der Waals surface area contributed by atoms with Gasteiger partial charge in [0.2, 0.25) is 0 Å². The van der Waals surface area contributed by atoms with E-state index >= 15 is 0 Å². The van der Waals surface area contributed by atoms with E-state index in [1.807, 2.05) is 36.4 Å². The molecule has 0 spiro atoms. The van der Waals surface area contributed by atoms with Gasteiger partial charge in [0.25, 0.3) is 0 Å². The zero-order valence-electron chi connectivity index (χ0n) is 15.1. The summed E-state index contributed by atoms with van der Waals surface area (Å²) in [6, 6.07) is 15.8. The van der Waals surface area contributed by atoms with E-state index in [1.54, 1.807) is 7.11 Å². The van der Waals surface area contributed by atoms with Crippen LogP contribution in [0.3, 0.4) is 0 Å². The largest absolute Gasteiger partial charge is 0.497 e. The second-order valence-electron chi connectivity index (χ2n) is 6.96. The van der Waals surface area contributed by atoms with Crippen molar-refractivity contribution in [1.82, 2.24) is 5.32 Å². The number of carbonyl (C=O) groups excluding carboxylic acids is 1. The molecule has 0 saturated heterocycles. The van der Waals surface area contributed by atoms with Crippen LogP contribution in [-0.4, -0.2) is 13.1 Å². The summed E-state index contributed by atoms with van der Waals surface area (Å²) in [5, 5.41) is 6.07. The average molecular weight is 338 g/mol. The fraction of sp³-hybridized carbons (Fsp3) is 0.381. The highest BCUT2D eigenvalue weighted by Gasteiger charge is 2.33. The van der Waals surface area contributed by atoms with Crippen molar-refractivity contribution in [3.63, 3.8) is 0 Å². The highest BCUT2D eigenvalue weighted by Crippen LogP contribution is 2.41. The number of ether oxygens (including phenoxy) is 1. The number of hydrogen-bond acceptors (Lipinski definition) is 2. The number of carbonyl (C=O) groups is 1. The Morgan fingerprint density at radius 1 is 1.00 bits per heavy atom. The van der Waals surface area contributed by atoms with Gasteiger partial charge in [-0.05, 0) is 60.1 Å². The minimum atomic E-state index is -0.162. The average Bonchev–Trinajstić information content (AvgIpc) is 3.45. The Bertz CT molecular complexity index is 704. The number of nitrogens with one attached hydrogen (secondary N) is 2. The molecule has 132 valence electrons. The van der Waals surface area contributed by atoms with Crippen LogP contribution in [0.5, 0.6) is 5.75 Å². The molecule has 0 heterocycles. The van der Waals surface area contributed by atoms with Crippen LogP contribution >= 0.6 is 0 Å². The molecule has 2 amide bonds. The molecule has 0 bridgehead atoms. The van der Waals surface area contributed by atoms with E-state index in [0.717, 1.165) is 29.8 Å². The Balaban J connectivity index is 1.64. The van der Waals surface area contributed by atoms with Crippen molar-refractivity contribution >= 4 is 11.7 Å². The first-order valence-corrected chi connectivity index (χ1v) is 8.88. The van der Waals surface area contributed by atoms with Crippen LogP contribution in [-0.2, 0) is 0 Å². The van der Waals surface area contributed by atoms with Gasteiger partial charge in [-0.1, -0.05) is 38.1 Å². The maximum atomic E-state index is 12.4. The van der Waals surface area contributed by atoms with Crippen LogP contribution in [0.15, 0.2) is 48.5 Å². The van der Waals surface area contributed by atoms with Gasteiger partial charge >= 0.3 is 6.03 Å². The predicted octanol–water partition coefficient (Wildman–Crippen LogP) is 5.09. The fourth-order valence-corrected chi connectivity index (χ4v) is 2.97. The summed E-state index contributed by atoms with van der Waals surface area (Å²) in [6.07, 6.45) is 2.31. The van der Waals surface area contributed by atoms with Crippen molar-refractivity contribution in [3.8, 4) is 5.75 Å². The van der Waals surface area contributed by atoms with E-state index in [1.165, 1.54) is 5.56 Å². The van der Waals surface area contributed by atoms with Crippen molar-refractivity contribution in [2.45, 2.75) is 38.6 Å². The molecule has 1 fully saturated rings. The summed E-state index contributed by atoms with van der Waals surface area (Å²) >= 11 is 0. The smallest absolute Gasteiger partial charge is 0.319 e. The summed E-state index contributed by atoms with van der Waals surface area (Å²) < 4.78 is 5.21. The highest BCUT2D eigenvalue weighted by molar-refractivity contribution is 5.89. The molecule has 2 N–H and O–H groups in total. The standard InChI is InChI=1S/C21H26N2O2/c1-14(2)15-6-10-18(11-7-15)22-21(24)23-20(16-4-5-16)17-8-12-19(25-3)13-9-17/h6-14,16,20H,4-5H2,1-3H3,(H2,22,23,24). The van der Waals surface area contributed by atoms with Crippen LogP contribution < -0.4 is 15.4 Å². The third kappa shape index (κ3) is 4.53. The number of amides is 2. The van der Waals surface area contributed by atoms with Gasteiger partial charge in [0.05, 0.1) is 13.2 Å². The number of urea groups is 1. The lowest BCUT2D eigenvalue weighted by molar-refractivity contribution is 0.247. The molecule has 1 unspecified atom stereocenters. The first-order valence-electron chi connectivity index (χ1n) is 8.88. The lowest BCUT2D eigenvalue weighted by Crippen LogP contribution is -2.33. The quantitative estimate of drug-likeness (QED) is 0.770. The summed E-state index contributed by atoms with van der Waals surface area (Å²) in [7, 11) is 1.66. The summed E-state index contributed by atoms with van der Waals surface area (Å²) in [5.74, 6) is 1.83. The third-order valence-corrected chi connectivity index (χ3v) is 4.69. The highest BCUT2D eigenvalue weighted by atomic mass is 16.5. The third-order valence-electron chi connectivity index (χ3n) is 4.69. The van der Waals surface area contributed by atoms with E-state index in [-0.39, 0.29) is 12.1 Å². The zero-order valence-corrected chi connectivity index (χ0v) is 15.1. The van der Waals surface area contributed by atoms with Crippen LogP contribution in [0, 0.1) is 5.92 Å². The minimum Gasteiger partial charge on any atom is -0.497 e. The van der Waals surface area contributed by atoms with E-state index < -0.39 is 0 Å². The molecule has 2 aromatic carbocycles. The van der Waals surface area contributed by atoms with Crippen LogP contribution in [0.1, 0.15) is 49.8 Å². The van der Waals surface area contributed by atoms with Crippen LogP contribution in [0.2, 0.25) is 0 Å². The fourth-order valence-electron chi connectivity index (χ4n) is 2.97. The van der Waals surface area contributed by atoms with Gasteiger partial charge in [-0.25, -0.2) is 4.79 Å². The molecular formula is C21H26N2O2. The van der Waals surface area contributed by atoms with Gasteiger partial charge in [-0.15, -0.1) is 0 Å². The molecule has 4 heteroatoms. The Hall–Kier alpha value is -2.49. The Morgan fingerprint density at radius 3 is 2.12 bits per heavy atom. The Kier molecular flexibility index (Phi) is 5.27. The van der Waals surface area contributed by atoms with Gasteiger partial charge in [0, 0.05) is 5.69 Å². The van der Waals surface area contributed by atoms with Crippen molar-refractivity contribution < 1.29 is 9.53 Å². The first kappa shape index (κ1) is 17.3. The SMILES string of the molecule is COc1ccc(C(NC(=O)Nc2ccc(C(C)C)cc2)C2CC2)cc1. The van der Waals surface area contributed by atoms with E-state index in [2.05, 4.69) is 36.6 Å². The first-order chi connectivity index (χ1) is 12.1. The lowest BCUT2D eigenvalue weighted by Gasteiger charge is -2.19. The number of anilines is 1. The van der Waals surface area contributed by atoms with Gasteiger partial charge < -0.3 is 15.4 Å². The molecule has 0 aromatic heterocycles. The molecule has 0 radical (unpaired) electrons. The second kappa shape index (κ2) is 7.60. The summed E-state index contributed by atoms with van der Waals surface area (Å²) in [5.41, 5.74) is 3.19. The topological polar surface area (TPSA) is 50.4 Å². The van der Waals surface area contributed by atoms with Crippen LogP contribution in [0.4, 0.5) is 10.5 Å². The Labute approximate surface area is 149 Å². The van der Waals surface area contributed by atoms with E-state index in [0.29, 0.717) is 11.8 Å². The summed E-state index contributed by atoms with van der Waals surface area (Å²) in [4.78, 5) is 12.4. The second-order valence-corrected chi connectivity index (χ2v) is 6.96. The number of methoxy groups -OCH3 is 1. The monoisotopic (exact) mass is 338 g/mol. The van der Waals surface area contributed by atoms with E-state index in [9.17, 15) is 4.79 Å². The van der Waals surface area contributed by atoms with Crippen molar-refractivity contribution in [1.29, 1.82) is 0 Å². The van der Waals surface area contributed by atoms with Crippen LogP contribution in [0.25, 0.3) is 0 Å².